The van der Waals surface area contributed by atoms with Crippen LogP contribution < -0.4 is 10.2 Å². The Morgan fingerprint density at radius 3 is 1.97 bits per heavy atom. The van der Waals surface area contributed by atoms with Crippen LogP contribution in [0.15, 0.2) is 23.1 Å². The number of hydrogen-bond acceptors (Lipinski definition) is 12. The van der Waals surface area contributed by atoms with Gasteiger partial charge < -0.3 is 10.2 Å². The number of hydrogen-bond donors (Lipinski definition) is 1. The maximum absolute atomic E-state index is 13.3. The molecule has 0 aromatic heterocycles. The molecule has 33 heavy (non-hydrogen) atoms. The molecule has 0 saturated carbocycles. The number of nitro groups is 1. The predicted octanol–water partition coefficient (Wildman–Crippen LogP) is -1.05. The van der Waals surface area contributed by atoms with E-state index < -0.39 is 40.9 Å². The average Bonchev–Trinajstić information content (AvgIpc) is 2.71. The lowest BCUT2D eigenvalue weighted by molar-refractivity contribution is -0.385. The molecular weight excluding hydrogens is 504 g/mol. The number of sulfonamides is 1. The van der Waals surface area contributed by atoms with Crippen molar-refractivity contribution in [2.24, 2.45) is 0 Å². The summed E-state index contributed by atoms with van der Waals surface area (Å²) in [5, 5.41) is 14.3. The molecule has 14 nitrogen and oxygen atoms in total. The number of anilines is 1. The first-order valence-corrected chi connectivity index (χ1v) is 14.7. The van der Waals surface area contributed by atoms with E-state index >= 15 is 0 Å². The first-order valence-electron chi connectivity index (χ1n) is 9.64. The van der Waals surface area contributed by atoms with Crippen LogP contribution in [0.1, 0.15) is 0 Å². The number of benzene rings is 1. The van der Waals surface area contributed by atoms with Gasteiger partial charge in [-0.05, 0) is 6.07 Å². The number of nitrogens with one attached hydrogen (secondary N) is 1. The molecule has 0 amide bonds. The van der Waals surface area contributed by atoms with Crippen molar-refractivity contribution >= 4 is 41.6 Å². The lowest BCUT2D eigenvalue weighted by atomic mass is 10.2. The standard InChI is InChI=1S/C16H26N4O10S3/c1-31(23,24)29-11-9-18(10-12-30-32(2,25)26)15-4-3-14(20(21)22)13-16(15)33(27,28)19-7-5-17-6-8-19/h3-4,13,17H,5-12H2,1-2H3. The molecule has 188 valence electrons. The number of piperazine rings is 1. The van der Waals surface area contributed by atoms with E-state index in [2.05, 4.69) is 5.32 Å². The molecule has 0 aliphatic carbocycles. The zero-order chi connectivity index (χ0) is 24.9. The van der Waals surface area contributed by atoms with Crippen molar-refractivity contribution in [3.05, 3.63) is 28.3 Å². The van der Waals surface area contributed by atoms with Crippen molar-refractivity contribution in [2.75, 3.05) is 69.9 Å². The van der Waals surface area contributed by atoms with Crippen LogP contribution in [0.25, 0.3) is 0 Å². The Morgan fingerprint density at radius 2 is 1.52 bits per heavy atom. The highest BCUT2D eigenvalue weighted by molar-refractivity contribution is 7.89. The van der Waals surface area contributed by atoms with Gasteiger partial charge in [0.05, 0.1) is 36.3 Å². The van der Waals surface area contributed by atoms with Gasteiger partial charge in [-0.25, -0.2) is 8.42 Å². The second-order valence-electron chi connectivity index (χ2n) is 7.10. The van der Waals surface area contributed by atoms with Crippen molar-refractivity contribution in [1.29, 1.82) is 0 Å². The van der Waals surface area contributed by atoms with Crippen molar-refractivity contribution in [1.82, 2.24) is 9.62 Å². The highest BCUT2D eigenvalue weighted by atomic mass is 32.2. The van der Waals surface area contributed by atoms with E-state index in [1.807, 2.05) is 0 Å². The first-order chi connectivity index (χ1) is 15.2. The third-order valence-electron chi connectivity index (χ3n) is 4.51. The fraction of sp³-hybridized carbons (Fsp3) is 0.625. The van der Waals surface area contributed by atoms with E-state index in [4.69, 9.17) is 8.37 Å². The minimum Gasteiger partial charge on any atom is -0.366 e. The van der Waals surface area contributed by atoms with E-state index in [0.717, 1.165) is 24.6 Å². The number of non-ortho nitro benzene ring substituents is 1. The van der Waals surface area contributed by atoms with Crippen molar-refractivity contribution in [2.45, 2.75) is 4.90 Å². The monoisotopic (exact) mass is 530 g/mol. The van der Waals surface area contributed by atoms with Crippen LogP contribution in [0.2, 0.25) is 0 Å². The average molecular weight is 531 g/mol. The van der Waals surface area contributed by atoms with Crippen molar-refractivity contribution < 1.29 is 38.5 Å². The fourth-order valence-electron chi connectivity index (χ4n) is 3.06. The highest BCUT2D eigenvalue weighted by Gasteiger charge is 2.31. The molecule has 0 spiro atoms. The molecule has 0 atom stereocenters. The van der Waals surface area contributed by atoms with Gasteiger partial charge in [-0.3, -0.25) is 18.5 Å². The molecule has 0 radical (unpaired) electrons. The topological polar surface area (TPSA) is 183 Å². The smallest absolute Gasteiger partial charge is 0.270 e. The largest absolute Gasteiger partial charge is 0.366 e. The fourth-order valence-corrected chi connectivity index (χ4v) is 5.49. The van der Waals surface area contributed by atoms with Crippen LogP contribution in [0.4, 0.5) is 11.4 Å². The minimum atomic E-state index is -4.17. The highest BCUT2D eigenvalue weighted by Crippen LogP contribution is 2.32. The van der Waals surface area contributed by atoms with E-state index in [1.165, 1.54) is 15.3 Å². The zero-order valence-electron chi connectivity index (χ0n) is 18.0. The van der Waals surface area contributed by atoms with Gasteiger partial charge in [0.25, 0.3) is 25.9 Å². The van der Waals surface area contributed by atoms with E-state index in [0.29, 0.717) is 13.1 Å². The van der Waals surface area contributed by atoms with Gasteiger partial charge >= 0.3 is 0 Å². The molecule has 2 rings (SSSR count). The number of nitro benzene ring substituents is 1. The molecule has 0 unspecified atom stereocenters. The predicted molar refractivity (Wildman–Crippen MR) is 119 cm³/mol. The van der Waals surface area contributed by atoms with Gasteiger partial charge in [0.1, 0.15) is 4.90 Å². The van der Waals surface area contributed by atoms with Crippen LogP contribution in [-0.4, -0.2) is 99.5 Å². The van der Waals surface area contributed by atoms with Gasteiger partial charge in [-0.2, -0.15) is 21.1 Å². The Morgan fingerprint density at radius 1 is 1.00 bits per heavy atom. The van der Waals surface area contributed by atoms with E-state index in [9.17, 15) is 35.4 Å². The normalized spacial score (nSPS) is 15.9. The Hall–Kier alpha value is -1.89. The summed E-state index contributed by atoms with van der Waals surface area (Å²) in [6.07, 6.45) is 1.69. The molecule has 1 aromatic rings. The van der Waals surface area contributed by atoms with Gasteiger partial charge in [-0.1, -0.05) is 0 Å². The maximum atomic E-state index is 13.3. The summed E-state index contributed by atoms with van der Waals surface area (Å²) < 4.78 is 82.6. The number of rotatable bonds is 12. The second-order valence-corrected chi connectivity index (χ2v) is 12.3. The quantitative estimate of drug-likeness (QED) is 0.197. The molecule has 1 aliphatic rings. The SMILES string of the molecule is CS(=O)(=O)OCCN(CCOS(C)(=O)=O)c1ccc([N+](=O)[O-])cc1S(=O)(=O)N1CCNCC1. The summed E-state index contributed by atoms with van der Waals surface area (Å²) in [4.78, 5) is 11.5. The van der Waals surface area contributed by atoms with Crippen LogP contribution >= 0.6 is 0 Å². The van der Waals surface area contributed by atoms with E-state index in [-0.39, 0.29) is 50.0 Å². The van der Waals surface area contributed by atoms with Crippen LogP contribution in [0.5, 0.6) is 0 Å². The Labute approximate surface area is 192 Å². The van der Waals surface area contributed by atoms with Gasteiger partial charge in [0.15, 0.2) is 0 Å². The molecule has 17 heteroatoms. The molecule has 1 aliphatic heterocycles. The summed E-state index contributed by atoms with van der Waals surface area (Å²) >= 11 is 0. The van der Waals surface area contributed by atoms with Crippen molar-refractivity contribution in [3.8, 4) is 0 Å². The molecule has 1 fully saturated rings. The third kappa shape index (κ3) is 8.43. The molecular formula is C16H26N4O10S3. The van der Waals surface area contributed by atoms with Gasteiger partial charge in [0, 0.05) is 51.4 Å². The minimum absolute atomic E-state index is 0.0216. The summed E-state index contributed by atoms with van der Waals surface area (Å²) in [6, 6.07) is 3.25. The van der Waals surface area contributed by atoms with Crippen LogP contribution in [0.3, 0.4) is 0 Å². The van der Waals surface area contributed by atoms with E-state index in [1.54, 1.807) is 0 Å². The Bertz CT molecular complexity index is 1120. The summed E-state index contributed by atoms with van der Waals surface area (Å²) in [6.45, 7) is 0.0285. The molecule has 1 aromatic carbocycles. The molecule has 1 heterocycles. The number of nitrogens with zero attached hydrogens (tertiary/aromatic N) is 3. The maximum Gasteiger partial charge on any atom is 0.270 e. The molecule has 1 N–H and O–H groups in total. The van der Waals surface area contributed by atoms with Gasteiger partial charge in [-0.15, -0.1) is 0 Å². The zero-order valence-corrected chi connectivity index (χ0v) is 20.5. The lowest BCUT2D eigenvalue weighted by Crippen LogP contribution is -2.46. The van der Waals surface area contributed by atoms with Crippen LogP contribution in [0, 0.1) is 10.1 Å². The summed E-state index contributed by atoms with van der Waals surface area (Å²) in [7, 11) is -11.8. The Balaban J connectivity index is 2.48. The lowest BCUT2D eigenvalue weighted by Gasteiger charge is -2.30. The Kier molecular flexibility index (Phi) is 9.14. The third-order valence-corrected chi connectivity index (χ3v) is 7.62. The molecule has 0 bridgehead atoms. The summed E-state index contributed by atoms with van der Waals surface area (Å²) in [5.74, 6) is 0. The first kappa shape index (κ1) is 27.4. The van der Waals surface area contributed by atoms with Crippen molar-refractivity contribution in [3.63, 3.8) is 0 Å². The molecule has 1 saturated heterocycles. The van der Waals surface area contributed by atoms with Gasteiger partial charge in [0.2, 0.25) is 10.0 Å². The second kappa shape index (κ2) is 11.0. The summed E-state index contributed by atoms with van der Waals surface area (Å²) in [5.41, 5.74) is -0.430. The van der Waals surface area contributed by atoms with Crippen LogP contribution in [-0.2, 0) is 38.6 Å².